The Hall–Kier alpha value is -2.87. The van der Waals surface area contributed by atoms with Crippen molar-refractivity contribution in [2.24, 2.45) is 0 Å². The average Bonchev–Trinajstić information content (AvgIpc) is 2.76. The molecule has 0 saturated heterocycles. The van der Waals surface area contributed by atoms with E-state index in [1.54, 1.807) is 31.2 Å². The zero-order valence-corrected chi connectivity index (χ0v) is 21.0. The topological polar surface area (TPSA) is 86.8 Å². The quantitative estimate of drug-likeness (QED) is 0.507. The molecule has 2 aromatic rings. The molecule has 2 aromatic carbocycles. The van der Waals surface area contributed by atoms with Crippen molar-refractivity contribution in [3.63, 3.8) is 0 Å². The summed E-state index contributed by atoms with van der Waals surface area (Å²) in [5.74, 6) is -0.700. The van der Waals surface area contributed by atoms with Crippen LogP contribution in [0.5, 0.6) is 0 Å². The van der Waals surface area contributed by atoms with Gasteiger partial charge in [-0.15, -0.1) is 0 Å². The molecule has 7 nitrogen and oxygen atoms in total. The first-order valence-corrected chi connectivity index (χ1v) is 13.1. The summed E-state index contributed by atoms with van der Waals surface area (Å²) in [5, 5.41) is 2.88. The minimum atomic E-state index is -3.72. The molecule has 0 radical (unpaired) electrons. The van der Waals surface area contributed by atoms with Crippen molar-refractivity contribution in [1.82, 2.24) is 10.2 Å². The monoisotopic (exact) mass is 473 g/mol. The van der Waals surface area contributed by atoms with Crippen LogP contribution in [0.2, 0.25) is 0 Å². The van der Waals surface area contributed by atoms with E-state index in [9.17, 15) is 18.0 Å². The van der Waals surface area contributed by atoms with Crippen molar-refractivity contribution in [1.29, 1.82) is 0 Å². The molecule has 2 rings (SSSR count). The molecule has 0 spiro atoms. The maximum atomic E-state index is 13.5. The number of amides is 2. The van der Waals surface area contributed by atoms with Gasteiger partial charge in [-0.2, -0.15) is 0 Å². The fraction of sp³-hybridized carbons (Fsp3) is 0.440. The number of carbonyl (C=O) groups excluding carboxylic acids is 2. The molecule has 2 amide bonds. The molecular weight excluding hydrogens is 438 g/mol. The standard InChI is InChI=1S/C25H35N3O4S/c1-6-7-16-26-25(30)21(4)27(17-22-11-9-8-10-20(22)3)24(29)18-28(33(5,31)32)23-14-12-19(2)13-15-23/h8-15,21H,6-7,16-18H2,1-5H3,(H,26,30)/t21-/m0/s1. The predicted molar refractivity (Wildman–Crippen MR) is 132 cm³/mol. The van der Waals surface area contributed by atoms with E-state index in [-0.39, 0.29) is 19.0 Å². The van der Waals surface area contributed by atoms with E-state index in [4.69, 9.17) is 0 Å². The Morgan fingerprint density at radius 3 is 2.24 bits per heavy atom. The van der Waals surface area contributed by atoms with Crippen molar-refractivity contribution in [2.75, 3.05) is 23.7 Å². The molecule has 0 aliphatic carbocycles. The Labute approximate surface area is 197 Å². The van der Waals surface area contributed by atoms with Gasteiger partial charge in [0.15, 0.2) is 0 Å². The number of sulfonamides is 1. The molecule has 0 aliphatic rings. The molecule has 0 unspecified atom stereocenters. The molecule has 0 fully saturated rings. The second-order valence-electron chi connectivity index (χ2n) is 8.37. The lowest BCUT2D eigenvalue weighted by Crippen LogP contribution is -2.51. The first kappa shape index (κ1) is 26.4. The van der Waals surface area contributed by atoms with Crippen LogP contribution in [0.25, 0.3) is 0 Å². The van der Waals surface area contributed by atoms with Gasteiger partial charge in [-0.3, -0.25) is 13.9 Å². The first-order valence-electron chi connectivity index (χ1n) is 11.2. The molecule has 1 atom stereocenters. The van der Waals surface area contributed by atoms with Gasteiger partial charge in [0.2, 0.25) is 21.8 Å². The minimum absolute atomic E-state index is 0.208. The number of benzene rings is 2. The highest BCUT2D eigenvalue weighted by Crippen LogP contribution is 2.20. The summed E-state index contributed by atoms with van der Waals surface area (Å²) in [5.41, 5.74) is 3.29. The fourth-order valence-electron chi connectivity index (χ4n) is 3.41. The van der Waals surface area contributed by atoms with Crippen LogP contribution in [0.15, 0.2) is 48.5 Å². The van der Waals surface area contributed by atoms with Gasteiger partial charge in [-0.05, 0) is 50.5 Å². The van der Waals surface area contributed by atoms with Gasteiger partial charge >= 0.3 is 0 Å². The molecule has 0 bridgehead atoms. The highest BCUT2D eigenvalue weighted by Gasteiger charge is 2.30. The largest absolute Gasteiger partial charge is 0.354 e. The third-order valence-corrected chi connectivity index (χ3v) is 6.74. The number of unbranched alkanes of at least 4 members (excludes halogenated alkanes) is 1. The highest BCUT2D eigenvalue weighted by atomic mass is 32.2. The van der Waals surface area contributed by atoms with Gasteiger partial charge in [0.05, 0.1) is 11.9 Å². The maximum Gasteiger partial charge on any atom is 0.244 e. The van der Waals surface area contributed by atoms with Crippen LogP contribution in [-0.2, 0) is 26.2 Å². The van der Waals surface area contributed by atoms with Crippen LogP contribution in [0, 0.1) is 13.8 Å². The van der Waals surface area contributed by atoms with Crippen molar-refractivity contribution < 1.29 is 18.0 Å². The molecule has 0 heterocycles. The summed E-state index contributed by atoms with van der Waals surface area (Å²) >= 11 is 0. The SMILES string of the molecule is CCCCNC(=O)[C@H](C)N(Cc1ccccc1C)C(=O)CN(c1ccc(C)cc1)S(C)(=O)=O. The lowest BCUT2D eigenvalue weighted by molar-refractivity contribution is -0.139. The number of carbonyl (C=O) groups is 2. The zero-order valence-electron chi connectivity index (χ0n) is 20.2. The molecule has 180 valence electrons. The van der Waals surface area contributed by atoms with Gasteiger partial charge in [-0.25, -0.2) is 8.42 Å². The second-order valence-corrected chi connectivity index (χ2v) is 10.3. The number of rotatable bonds is 11. The molecule has 8 heteroatoms. The number of anilines is 1. The Morgan fingerprint density at radius 2 is 1.67 bits per heavy atom. The second kappa shape index (κ2) is 11.8. The first-order chi connectivity index (χ1) is 15.5. The van der Waals surface area contributed by atoms with Gasteiger partial charge in [0.1, 0.15) is 12.6 Å². The summed E-state index contributed by atoms with van der Waals surface area (Å²) in [7, 11) is -3.72. The number of hydrogen-bond donors (Lipinski definition) is 1. The summed E-state index contributed by atoms with van der Waals surface area (Å²) in [6.07, 6.45) is 2.87. The van der Waals surface area contributed by atoms with Crippen molar-refractivity contribution in [3.8, 4) is 0 Å². The highest BCUT2D eigenvalue weighted by molar-refractivity contribution is 7.92. The van der Waals surface area contributed by atoms with Crippen LogP contribution in [-0.4, -0.2) is 50.5 Å². The van der Waals surface area contributed by atoms with E-state index in [0.29, 0.717) is 12.2 Å². The van der Waals surface area contributed by atoms with E-state index < -0.39 is 22.0 Å². The Morgan fingerprint density at radius 1 is 1.03 bits per heavy atom. The Bertz CT molecular complexity index is 1050. The number of hydrogen-bond acceptors (Lipinski definition) is 4. The summed E-state index contributed by atoms with van der Waals surface area (Å²) in [6, 6.07) is 13.8. The van der Waals surface area contributed by atoms with E-state index in [1.807, 2.05) is 45.0 Å². The lowest BCUT2D eigenvalue weighted by Gasteiger charge is -2.32. The number of nitrogens with zero attached hydrogens (tertiary/aromatic N) is 2. The van der Waals surface area contributed by atoms with Crippen LogP contribution in [0.3, 0.4) is 0 Å². The summed E-state index contributed by atoms with van der Waals surface area (Å²) in [6.45, 7) is 7.91. The summed E-state index contributed by atoms with van der Waals surface area (Å²) in [4.78, 5) is 27.7. The normalized spacial score (nSPS) is 12.2. The molecule has 0 aromatic heterocycles. The van der Waals surface area contributed by atoms with Crippen LogP contribution < -0.4 is 9.62 Å². The van der Waals surface area contributed by atoms with Crippen molar-refractivity contribution in [3.05, 3.63) is 65.2 Å². The molecule has 33 heavy (non-hydrogen) atoms. The molecule has 1 N–H and O–H groups in total. The molecule has 0 saturated carbocycles. The van der Waals surface area contributed by atoms with Crippen LogP contribution in [0.1, 0.15) is 43.4 Å². The lowest BCUT2D eigenvalue weighted by atomic mass is 10.1. The van der Waals surface area contributed by atoms with E-state index in [1.165, 1.54) is 4.90 Å². The Balaban J connectivity index is 2.35. The summed E-state index contributed by atoms with van der Waals surface area (Å²) < 4.78 is 26.2. The third kappa shape index (κ3) is 7.60. The van der Waals surface area contributed by atoms with Crippen LogP contribution >= 0.6 is 0 Å². The smallest absolute Gasteiger partial charge is 0.244 e. The minimum Gasteiger partial charge on any atom is -0.354 e. The average molecular weight is 474 g/mol. The fourth-order valence-corrected chi connectivity index (χ4v) is 4.26. The van der Waals surface area contributed by atoms with Crippen molar-refractivity contribution in [2.45, 2.75) is 53.1 Å². The van der Waals surface area contributed by atoms with Gasteiger partial charge < -0.3 is 10.2 Å². The van der Waals surface area contributed by atoms with E-state index in [2.05, 4.69) is 5.32 Å². The maximum absolute atomic E-state index is 13.5. The molecule has 0 aliphatic heterocycles. The van der Waals surface area contributed by atoms with Crippen molar-refractivity contribution >= 4 is 27.5 Å². The Kier molecular flexibility index (Phi) is 9.46. The van der Waals surface area contributed by atoms with Gasteiger partial charge in [0.25, 0.3) is 0 Å². The van der Waals surface area contributed by atoms with E-state index in [0.717, 1.165) is 40.1 Å². The van der Waals surface area contributed by atoms with Gasteiger partial charge in [-0.1, -0.05) is 55.3 Å². The molecular formula is C25H35N3O4S. The zero-order chi connectivity index (χ0) is 24.6. The van der Waals surface area contributed by atoms with Crippen LogP contribution in [0.4, 0.5) is 5.69 Å². The third-order valence-electron chi connectivity index (χ3n) is 5.60. The number of aryl methyl sites for hydroxylation is 2. The van der Waals surface area contributed by atoms with Gasteiger partial charge in [0, 0.05) is 13.1 Å². The van der Waals surface area contributed by atoms with E-state index >= 15 is 0 Å². The number of nitrogens with one attached hydrogen (secondary N) is 1. The predicted octanol–water partition coefficient (Wildman–Crippen LogP) is 3.40.